The molecule has 1 aromatic carbocycles. The minimum atomic E-state index is -1.37. The molecule has 0 aliphatic heterocycles. The van der Waals surface area contributed by atoms with E-state index < -0.39 is 11.9 Å². The van der Waals surface area contributed by atoms with Crippen LogP contribution in [-0.4, -0.2) is 11.9 Å². The molecule has 0 saturated carbocycles. The Hall–Kier alpha value is -1.30. The van der Waals surface area contributed by atoms with Gasteiger partial charge in [-0.05, 0) is 30.7 Å². The molecule has 5 nitrogen and oxygen atoms in total. The molecule has 0 bridgehead atoms. The summed E-state index contributed by atoms with van der Waals surface area (Å²) in [4.78, 5) is 26.4. The fourth-order valence-corrected chi connectivity index (χ4v) is 1.03. The van der Waals surface area contributed by atoms with Gasteiger partial charge < -0.3 is 14.7 Å². The van der Waals surface area contributed by atoms with Crippen LogP contribution in [0.5, 0.6) is 5.75 Å². The van der Waals surface area contributed by atoms with Crippen molar-refractivity contribution < 1.29 is 49.1 Å². The summed E-state index contributed by atoms with van der Waals surface area (Å²) >= 11 is 0. The summed E-state index contributed by atoms with van der Waals surface area (Å²) in [6, 6.07) is 4.43. The van der Waals surface area contributed by atoms with Gasteiger partial charge in [-0.25, -0.2) is 0 Å². The van der Waals surface area contributed by atoms with E-state index in [0.29, 0.717) is 0 Å². The number of carboxylic acid groups (broad SMARTS) is 1. The van der Waals surface area contributed by atoms with E-state index in [2.05, 4.69) is 6.58 Å². The van der Waals surface area contributed by atoms with Crippen molar-refractivity contribution in [1.82, 2.24) is 5.48 Å². The summed E-state index contributed by atoms with van der Waals surface area (Å²) in [5.41, 5.74) is 2.69. The van der Waals surface area contributed by atoms with Gasteiger partial charge in [0, 0.05) is 5.56 Å². The van der Waals surface area contributed by atoms with Crippen LogP contribution < -0.4 is 45.0 Å². The number of carbonyl (C=O) groups is 2. The van der Waals surface area contributed by atoms with E-state index in [1.54, 1.807) is 13.0 Å². The van der Waals surface area contributed by atoms with Crippen LogP contribution in [0.25, 0.3) is 0 Å². The Balaban J connectivity index is 0.00000256. The third-order valence-electron chi connectivity index (χ3n) is 1.80. The van der Waals surface area contributed by atoms with E-state index in [1.165, 1.54) is 12.1 Å². The number of aryl methyl sites for hydroxylation is 1. The molecule has 1 aromatic rings. The van der Waals surface area contributed by atoms with Gasteiger partial charge >= 0.3 is 29.6 Å². The first-order chi connectivity index (χ1) is 7.54. The smallest absolute Gasteiger partial charge is 0.545 e. The van der Waals surface area contributed by atoms with Crippen LogP contribution in [0.3, 0.4) is 0 Å². The maximum absolute atomic E-state index is 10.8. The molecule has 0 heterocycles. The second kappa shape index (κ2) is 7.11. The number of carbonyl (C=O) groups excluding carboxylic acids is 2. The van der Waals surface area contributed by atoms with Gasteiger partial charge in [0.2, 0.25) is 0 Å². The van der Waals surface area contributed by atoms with Crippen molar-refractivity contribution >= 4 is 11.9 Å². The Bertz CT molecular complexity index is 445. The molecule has 1 amide bonds. The number of amides is 1. The summed E-state index contributed by atoms with van der Waals surface area (Å²) in [6.45, 7) is 4.99. The van der Waals surface area contributed by atoms with Gasteiger partial charge in [-0.2, -0.15) is 5.48 Å². The molecule has 0 radical (unpaired) electrons. The largest absolute Gasteiger partial charge is 1.00 e. The number of carboxylic acids is 1. The number of hydrogen-bond donors (Lipinski definition) is 1. The van der Waals surface area contributed by atoms with Gasteiger partial charge in [-0.1, -0.05) is 12.6 Å². The van der Waals surface area contributed by atoms with E-state index >= 15 is 0 Å². The zero-order valence-electron chi connectivity index (χ0n) is 9.65. The zero-order chi connectivity index (χ0) is 12.1. The molecule has 84 valence electrons. The Labute approximate surface area is 121 Å². The first kappa shape index (κ1) is 15.7. The molecule has 0 aliphatic rings. The Morgan fingerprint density at radius 1 is 1.47 bits per heavy atom. The van der Waals surface area contributed by atoms with Gasteiger partial charge in [0.25, 0.3) is 5.91 Å². The zero-order valence-corrected chi connectivity index (χ0v) is 11.6. The second-order valence-electron chi connectivity index (χ2n) is 3.06. The topological polar surface area (TPSA) is 78.5 Å². The second-order valence-corrected chi connectivity index (χ2v) is 3.06. The molecule has 0 fully saturated rings. The van der Waals surface area contributed by atoms with Crippen molar-refractivity contribution in [2.75, 3.05) is 0 Å². The van der Waals surface area contributed by atoms with Crippen molar-refractivity contribution in [2.45, 2.75) is 6.92 Å². The van der Waals surface area contributed by atoms with Crippen LogP contribution in [0.2, 0.25) is 0 Å². The van der Waals surface area contributed by atoms with E-state index in [0.717, 1.165) is 11.6 Å². The molecule has 6 heteroatoms. The molecule has 1 N–H and O–H groups in total. The first-order valence-electron chi connectivity index (χ1n) is 4.46. The maximum Gasteiger partial charge on any atom is 1.00 e. The minimum Gasteiger partial charge on any atom is -0.545 e. The standard InChI is InChI=1S/C11H11NO4.Na/c1-3-10(13)12-16-9-6-7(2)4-5-8(9)11(14)15;/h3-6H,1H2,2H3,(H,12,13)(H,14,15);/q;+1/p-1. The summed E-state index contributed by atoms with van der Waals surface area (Å²) in [7, 11) is 0. The molecule has 0 spiro atoms. The molecule has 0 aromatic heterocycles. The summed E-state index contributed by atoms with van der Waals surface area (Å²) < 4.78 is 0. The van der Waals surface area contributed by atoms with Crippen molar-refractivity contribution in [3.05, 3.63) is 42.0 Å². The Morgan fingerprint density at radius 3 is 2.65 bits per heavy atom. The number of nitrogens with one attached hydrogen (secondary N) is 1. The molecule has 0 atom stereocenters. The summed E-state index contributed by atoms with van der Waals surface area (Å²) in [5, 5.41) is 10.7. The summed E-state index contributed by atoms with van der Waals surface area (Å²) in [6.07, 6.45) is 1.01. The van der Waals surface area contributed by atoms with Crippen LogP contribution in [0.15, 0.2) is 30.9 Å². The molecule has 17 heavy (non-hydrogen) atoms. The Morgan fingerprint density at radius 2 is 2.12 bits per heavy atom. The van der Waals surface area contributed by atoms with Crippen LogP contribution in [-0.2, 0) is 4.79 Å². The average Bonchev–Trinajstić information content (AvgIpc) is 2.25. The predicted octanol–water partition coefficient (Wildman–Crippen LogP) is -3.04. The predicted molar refractivity (Wildman–Crippen MR) is 54.5 cm³/mol. The number of aromatic carboxylic acids is 1. The van der Waals surface area contributed by atoms with Crippen LogP contribution in [0.1, 0.15) is 15.9 Å². The van der Waals surface area contributed by atoms with E-state index in [4.69, 9.17) is 4.84 Å². The fraction of sp³-hybridized carbons (Fsp3) is 0.0909. The third kappa shape index (κ3) is 4.60. The number of hydrogen-bond acceptors (Lipinski definition) is 4. The number of rotatable bonds is 4. The van der Waals surface area contributed by atoms with Gasteiger partial charge in [0.05, 0.1) is 5.97 Å². The number of benzene rings is 1. The molecule has 0 unspecified atom stereocenters. The quantitative estimate of drug-likeness (QED) is 0.346. The van der Waals surface area contributed by atoms with Gasteiger partial charge in [-0.15, -0.1) is 0 Å². The summed E-state index contributed by atoms with van der Waals surface area (Å²) in [5.74, 6) is -1.91. The first-order valence-corrected chi connectivity index (χ1v) is 4.46. The van der Waals surface area contributed by atoms with Gasteiger partial charge in [0.15, 0.2) is 5.75 Å². The maximum atomic E-state index is 10.8. The van der Waals surface area contributed by atoms with Crippen LogP contribution in [0.4, 0.5) is 0 Å². The molecule has 1 rings (SSSR count). The van der Waals surface area contributed by atoms with Crippen molar-refractivity contribution in [3.8, 4) is 5.75 Å². The Kier molecular flexibility index (Phi) is 6.57. The molecule has 0 aliphatic carbocycles. The number of hydroxylamine groups is 1. The van der Waals surface area contributed by atoms with Gasteiger partial charge in [-0.3, -0.25) is 4.79 Å². The molecular formula is C11H10NNaO4. The fourth-order valence-electron chi connectivity index (χ4n) is 1.03. The SMILES string of the molecule is C=CC(=O)NOc1cc(C)ccc1C(=O)[O-].[Na+]. The van der Waals surface area contributed by atoms with Gasteiger partial charge in [0.1, 0.15) is 0 Å². The third-order valence-corrected chi connectivity index (χ3v) is 1.80. The average molecular weight is 243 g/mol. The molecular weight excluding hydrogens is 233 g/mol. The normalized spacial score (nSPS) is 8.76. The van der Waals surface area contributed by atoms with Crippen molar-refractivity contribution in [2.24, 2.45) is 0 Å². The van der Waals surface area contributed by atoms with Crippen LogP contribution >= 0.6 is 0 Å². The monoisotopic (exact) mass is 243 g/mol. The van der Waals surface area contributed by atoms with E-state index in [1.807, 2.05) is 5.48 Å². The molecule has 0 saturated heterocycles. The van der Waals surface area contributed by atoms with E-state index in [-0.39, 0.29) is 40.9 Å². The minimum absolute atomic E-state index is 0. The van der Waals surface area contributed by atoms with Crippen molar-refractivity contribution in [1.29, 1.82) is 0 Å². The van der Waals surface area contributed by atoms with E-state index in [9.17, 15) is 14.7 Å². The van der Waals surface area contributed by atoms with Crippen molar-refractivity contribution in [3.63, 3.8) is 0 Å². The van der Waals surface area contributed by atoms with Crippen LogP contribution in [0, 0.1) is 6.92 Å².